The Morgan fingerprint density at radius 1 is 1.47 bits per heavy atom. The minimum atomic E-state index is -0.667. The fourth-order valence-corrected chi connectivity index (χ4v) is 1.86. The average Bonchev–Trinajstić information content (AvgIpc) is 2.83. The Morgan fingerprint density at radius 3 is 2.74 bits per heavy atom. The van der Waals surface area contributed by atoms with Crippen LogP contribution in [0.3, 0.4) is 0 Å². The van der Waals surface area contributed by atoms with Crippen molar-refractivity contribution >= 4 is 5.91 Å². The molecular weight excluding hydrogens is 253 g/mol. The number of hydrogen-bond acceptors (Lipinski definition) is 4. The summed E-state index contributed by atoms with van der Waals surface area (Å²) in [6, 6.07) is 5.09. The van der Waals surface area contributed by atoms with Gasteiger partial charge in [0.25, 0.3) is 5.91 Å². The van der Waals surface area contributed by atoms with Gasteiger partial charge in [-0.05, 0) is 24.3 Å². The number of likely N-dealkylation sites (N-methyl/N-ethyl adjacent to an activating group) is 1. The maximum atomic E-state index is 12.7. The lowest BCUT2D eigenvalue weighted by molar-refractivity contribution is -0.135. The maximum Gasteiger partial charge on any atom is 0.260 e. The minimum Gasteiger partial charge on any atom is -0.484 e. The van der Waals surface area contributed by atoms with E-state index in [1.165, 1.54) is 29.2 Å². The molecule has 1 aliphatic heterocycles. The fraction of sp³-hybridized carbons (Fsp3) is 0.462. The molecule has 5 nitrogen and oxygen atoms in total. The molecule has 1 heterocycles. The molecule has 2 rings (SSSR count). The van der Waals surface area contributed by atoms with Gasteiger partial charge in [0, 0.05) is 7.05 Å². The second-order valence-corrected chi connectivity index (χ2v) is 4.42. The molecule has 0 radical (unpaired) electrons. The largest absolute Gasteiger partial charge is 0.484 e. The van der Waals surface area contributed by atoms with Crippen molar-refractivity contribution in [2.45, 2.75) is 12.1 Å². The molecule has 6 heteroatoms. The molecule has 1 saturated heterocycles. The van der Waals surface area contributed by atoms with Gasteiger partial charge in [-0.15, -0.1) is 0 Å². The van der Waals surface area contributed by atoms with Crippen molar-refractivity contribution in [3.05, 3.63) is 30.1 Å². The molecule has 0 aliphatic carbocycles. The van der Waals surface area contributed by atoms with Crippen molar-refractivity contribution in [1.29, 1.82) is 0 Å². The van der Waals surface area contributed by atoms with E-state index < -0.39 is 6.10 Å². The molecule has 0 unspecified atom stereocenters. The number of rotatable bonds is 4. The zero-order chi connectivity index (χ0) is 13.8. The van der Waals surface area contributed by atoms with Crippen LogP contribution in [0.15, 0.2) is 24.3 Å². The van der Waals surface area contributed by atoms with E-state index >= 15 is 0 Å². The second-order valence-electron chi connectivity index (χ2n) is 4.42. The third-order valence-corrected chi connectivity index (χ3v) is 3.09. The van der Waals surface area contributed by atoms with Crippen LogP contribution in [0.2, 0.25) is 0 Å². The van der Waals surface area contributed by atoms with Crippen LogP contribution in [-0.2, 0) is 9.53 Å². The van der Waals surface area contributed by atoms with E-state index in [0.717, 1.165) is 0 Å². The van der Waals surface area contributed by atoms with E-state index in [9.17, 15) is 14.3 Å². The molecule has 0 saturated carbocycles. The van der Waals surface area contributed by atoms with Gasteiger partial charge in [0.2, 0.25) is 0 Å². The van der Waals surface area contributed by atoms with Crippen LogP contribution in [0, 0.1) is 5.82 Å². The molecule has 1 aromatic carbocycles. The van der Waals surface area contributed by atoms with Gasteiger partial charge >= 0.3 is 0 Å². The number of aliphatic hydroxyl groups is 1. The van der Waals surface area contributed by atoms with Gasteiger partial charge in [-0.2, -0.15) is 0 Å². The van der Waals surface area contributed by atoms with Gasteiger partial charge in [0.15, 0.2) is 6.61 Å². The Kier molecular flexibility index (Phi) is 4.34. The summed E-state index contributed by atoms with van der Waals surface area (Å²) in [4.78, 5) is 13.3. The molecule has 19 heavy (non-hydrogen) atoms. The van der Waals surface area contributed by atoms with Crippen molar-refractivity contribution < 1.29 is 23.8 Å². The van der Waals surface area contributed by atoms with E-state index in [-0.39, 0.29) is 31.0 Å². The highest BCUT2D eigenvalue weighted by Crippen LogP contribution is 2.14. The Morgan fingerprint density at radius 2 is 2.16 bits per heavy atom. The third-order valence-electron chi connectivity index (χ3n) is 3.09. The number of amides is 1. The topological polar surface area (TPSA) is 59.0 Å². The highest BCUT2D eigenvalue weighted by molar-refractivity contribution is 5.78. The number of benzene rings is 1. The number of aliphatic hydroxyl groups excluding tert-OH is 1. The Bertz CT molecular complexity index is 437. The van der Waals surface area contributed by atoms with Gasteiger partial charge in [0.1, 0.15) is 11.6 Å². The van der Waals surface area contributed by atoms with Crippen LogP contribution in [0.5, 0.6) is 5.75 Å². The number of carbonyl (C=O) groups excluding carboxylic acids is 1. The van der Waals surface area contributed by atoms with Gasteiger partial charge in [0.05, 0.1) is 25.4 Å². The molecule has 0 spiro atoms. The van der Waals surface area contributed by atoms with Gasteiger partial charge in [-0.1, -0.05) is 0 Å². The van der Waals surface area contributed by atoms with Crippen molar-refractivity contribution in [2.75, 3.05) is 26.9 Å². The Labute approximate surface area is 110 Å². The summed E-state index contributed by atoms with van der Waals surface area (Å²) in [5.74, 6) is -0.202. The number of carbonyl (C=O) groups is 1. The third kappa shape index (κ3) is 3.42. The van der Waals surface area contributed by atoms with E-state index in [2.05, 4.69) is 0 Å². The summed E-state index contributed by atoms with van der Waals surface area (Å²) < 4.78 is 23.0. The SMILES string of the molecule is CN(C(=O)COc1ccc(F)cc1)[C@@H]1COC[C@H]1O. The highest BCUT2D eigenvalue weighted by atomic mass is 19.1. The van der Waals surface area contributed by atoms with Gasteiger partial charge in [-0.25, -0.2) is 4.39 Å². The summed E-state index contributed by atoms with van der Waals surface area (Å²) in [5.41, 5.74) is 0. The van der Waals surface area contributed by atoms with E-state index in [0.29, 0.717) is 12.4 Å². The molecule has 1 aromatic rings. The summed E-state index contributed by atoms with van der Waals surface area (Å²) in [6.07, 6.45) is -0.667. The predicted molar refractivity (Wildman–Crippen MR) is 65.3 cm³/mol. The van der Waals surface area contributed by atoms with Crippen LogP contribution in [0.4, 0.5) is 4.39 Å². The lowest BCUT2D eigenvalue weighted by Gasteiger charge is -2.25. The van der Waals surface area contributed by atoms with Crippen molar-refractivity contribution in [2.24, 2.45) is 0 Å². The van der Waals surface area contributed by atoms with Gasteiger partial charge < -0.3 is 19.5 Å². The molecule has 1 fully saturated rings. The second kappa shape index (κ2) is 5.99. The quantitative estimate of drug-likeness (QED) is 0.861. The zero-order valence-corrected chi connectivity index (χ0v) is 10.6. The Balaban J connectivity index is 1.85. The van der Waals surface area contributed by atoms with Crippen molar-refractivity contribution in [3.8, 4) is 5.75 Å². The molecular formula is C13H16FNO4. The lowest BCUT2D eigenvalue weighted by Crippen LogP contribution is -2.45. The number of hydrogen-bond donors (Lipinski definition) is 1. The molecule has 0 bridgehead atoms. The maximum absolute atomic E-state index is 12.7. The van der Waals surface area contributed by atoms with Crippen LogP contribution in [0.25, 0.3) is 0 Å². The smallest absolute Gasteiger partial charge is 0.260 e. The van der Waals surface area contributed by atoms with Crippen LogP contribution in [0.1, 0.15) is 0 Å². The molecule has 104 valence electrons. The number of ether oxygens (including phenoxy) is 2. The van der Waals surface area contributed by atoms with Crippen LogP contribution < -0.4 is 4.74 Å². The monoisotopic (exact) mass is 269 g/mol. The molecule has 1 N–H and O–H groups in total. The number of nitrogens with zero attached hydrogens (tertiary/aromatic N) is 1. The Hall–Kier alpha value is -1.66. The standard InChI is InChI=1S/C13H16FNO4/c1-15(11-6-18-7-12(11)16)13(17)8-19-10-4-2-9(14)3-5-10/h2-5,11-12,16H,6-8H2,1H3/t11-,12-/m1/s1. The summed E-state index contributed by atoms with van der Waals surface area (Å²) in [6.45, 7) is 0.395. The molecule has 2 atom stereocenters. The first-order valence-electron chi connectivity index (χ1n) is 5.98. The number of halogens is 1. The highest BCUT2D eigenvalue weighted by Gasteiger charge is 2.32. The first kappa shape index (κ1) is 13.8. The van der Waals surface area contributed by atoms with Crippen LogP contribution >= 0.6 is 0 Å². The fourth-order valence-electron chi connectivity index (χ4n) is 1.86. The molecule has 1 aliphatic rings. The average molecular weight is 269 g/mol. The summed E-state index contributed by atoms with van der Waals surface area (Å²) in [5, 5.41) is 9.62. The molecule has 0 aromatic heterocycles. The molecule has 1 amide bonds. The minimum absolute atomic E-state index is 0.161. The van der Waals surface area contributed by atoms with Gasteiger partial charge in [-0.3, -0.25) is 4.79 Å². The van der Waals surface area contributed by atoms with E-state index in [4.69, 9.17) is 9.47 Å². The van der Waals surface area contributed by atoms with Crippen molar-refractivity contribution in [1.82, 2.24) is 4.90 Å². The van der Waals surface area contributed by atoms with E-state index in [1.807, 2.05) is 0 Å². The summed E-state index contributed by atoms with van der Waals surface area (Å²) >= 11 is 0. The first-order chi connectivity index (χ1) is 9.08. The normalized spacial score (nSPS) is 22.3. The first-order valence-corrected chi connectivity index (χ1v) is 5.98. The van der Waals surface area contributed by atoms with Crippen LogP contribution in [-0.4, -0.2) is 54.9 Å². The summed E-state index contributed by atoms with van der Waals surface area (Å²) in [7, 11) is 1.60. The predicted octanol–water partition coefficient (Wildman–Crippen LogP) is 0.423. The lowest BCUT2D eigenvalue weighted by atomic mass is 10.2. The van der Waals surface area contributed by atoms with Crippen molar-refractivity contribution in [3.63, 3.8) is 0 Å². The van der Waals surface area contributed by atoms with E-state index in [1.54, 1.807) is 7.05 Å². The zero-order valence-electron chi connectivity index (χ0n) is 10.6.